The second-order valence-electron chi connectivity index (χ2n) is 30.5. The van der Waals surface area contributed by atoms with Crippen molar-refractivity contribution in [2.24, 2.45) is 0 Å². The number of allylic oxidation sites excluding steroid dienone is 1. The monoisotopic (exact) mass is 1540 g/mol. The number of hydrogen-bond donors (Lipinski definition) is 5. The van der Waals surface area contributed by atoms with Crippen LogP contribution < -0.4 is 51.3 Å². The molecule has 5 N–H and O–H groups in total. The molecule has 574 valence electrons. The molecule has 3 aromatic carbocycles. The molecule has 5 aliphatic heterocycles. The number of hydrogen-bond acceptors (Lipinski definition) is 17. The second kappa shape index (κ2) is 35.3. The first-order chi connectivity index (χ1) is 52.2. The summed E-state index contributed by atoms with van der Waals surface area (Å²) in [5, 5.41) is 6.69. The van der Waals surface area contributed by atoms with Gasteiger partial charge in [0.15, 0.2) is 17.3 Å². The molecular weight excluding hydrogens is 1430 g/mol. The summed E-state index contributed by atoms with van der Waals surface area (Å²) in [5.74, 6) is 3.75. The fourth-order valence-electron chi connectivity index (χ4n) is 15.0. The number of nitrogens with one attached hydrogen (secondary N) is 5. The van der Waals surface area contributed by atoms with Crippen LogP contribution in [0.25, 0.3) is 22.3 Å². The number of aromatic amines is 3. The Hall–Kier alpha value is -9.70. The lowest BCUT2D eigenvalue weighted by molar-refractivity contribution is 0.0974. The van der Waals surface area contributed by atoms with E-state index in [1.807, 2.05) is 128 Å². The number of aryl methyl sites for hydroxylation is 6. The molecule has 5 aromatic heterocycles. The maximum Gasteiger partial charge on any atom is 0.251 e. The molecule has 5 aliphatic rings. The molecule has 2 unspecified atom stereocenters. The smallest absolute Gasteiger partial charge is 0.251 e. The summed E-state index contributed by atoms with van der Waals surface area (Å²) in [6.45, 7) is 40.1. The van der Waals surface area contributed by atoms with Crippen molar-refractivity contribution in [3.63, 3.8) is 0 Å². The van der Waals surface area contributed by atoms with Gasteiger partial charge in [-0.1, -0.05) is 58.8 Å². The van der Waals surface area contributed by atoms with Gasteiger partial charge in [0.2, 0.25) is 11.9 Å². The number of fused-ring (bicyclic) bond motifs is 3. The molecule has 20 nitrogen and oxygen atoms in total. The Morgan fingerprint density at radius 2 is 0.835 bits per heavy atom. The van der Waals surface area contributed by atoms with Crippen LogP contribution in [-0.2, 0) is 57.8 Å². The van der Waals surface area contributed by atoms with E-state index < -0.39 is 11.2 Å². The number of nitrogens with zero attached hydrogens (tertiary/aromatic N) is 6. The zero-order chi connectivity index (χ0) is 78.0. The van der Waals surface area contributed by atoms with E-state index in [0.29, 0.717) is 84.8 Å². The van der Waals surface area contributed by atoms with Crippen LogP contribution in [0.2, 0.25) is 0 Å². The van der Waals surface area contributed by atoms with Crippen molar-refractivity contribution >= 4 is 45.2 Å². The first-order valence-corrected chi connectivity index (χ1v) is 39.4. The number of rotatable bonds is 24. The molecule has 0 amide bonds. The van der Waals surface area contributed by atoms with Gasteiger partial charge < -0.3 is 49.6 Å². The highest BCUT2D eigenvalue weighted by Crippen LogP contribution is 2.48. The minimum absolute atomic E-state index is 0.00578. The van der Waals surface area contributed by atoms with Crippen molar-refractivity contribution in [3.05, 3.63) is 234 Å². The average molecular weight is 1540 g/mol. The number of carbonyl (C=O) groups is 3. The quantitative estimate of drug-likeness (QED) is 0.0278. The average Bonchev–Trinajstić information content (AvgIpc) is 1.62. The van der Waals surface area contributed by atoms with E-state index in [1.165, 1.54) is 11.1 Å². The van der Waals surface area contributed by atoms with Crippen molar-refractivity contribution in [2.45, 2.75) is 191 Å². The molecule has 2 saturated heterocycles. The van der Waals surface area contributed by atoms with Crippen LogP contribution in [0.5, 0.6) is 17.2 Å². The summed E-state index contributed by atoms with van der Waals surface area (Å²) >= 11 is 3.57. The predicted molar refractivity (Wildman–Crippen MR) is 437 cm³/mol. The van der Waals surface area contributed by atoms with E-state index in [9.17, 15) is 28.8 Å². The third kappa shape index (κ3) is 19.0. The summed E-state index contributed by atoms with van der Waals surface area (Å²) < 4.78 is 19.7. The van der Waals surface area contributed by atoms with Gasteiger partial charge in [0.25, 0.3) is 16.7 Å². The van der Waals surface area contributed by atoms with Gasteiger partial charge in [-0.05, 0) is 222 Å². The summed E-state index contributed by atoms with van der Waals surface area (Å²) in [6.07, 6.45) is 16.7. The minimum Gasteiger partial charge on any atom is -0.488 e. The first kappa shape index (κ1) is 80.3. The SMILES string of the molecule is C=C(C)C1(C)Cc2cc(C(=O)CCc3c(CCC)cc(C)[nH]c3=O)cc(-c3cnc(N4CCNCC4)nc3)c2O1.C=C(C)C1(C)Cc2cc(C(=O)CCc3c(CCC)cc(C)[nH]c3=O)cc(-c3cnc(N4CCNCC4)nc3)c2O1.CCCc1cc(C)[nH]c(=O)c1CCC(=O)c1cc(Br)c2c(c1)CC(C)=C(C)CO2. The molecule has 10 heterocycles. The van der Waals surface area contributed by atoms with Gasteiger partial charge in [0.05, 0.1) is 4.47 Å². The number of H-pyrrole nitrogens is 3. The Bertz CT molecular complexity index is 4760. The van der Waals surface area contributed by atoms with Crippen LogP contribution in [0, 0.1) is 20.8 Å². The van der Waals surface area contributed by atoms with Crippen LogP contribution in [0.3, 0.4) is 0 Å². The third-order valence-corrected chi connectivity index (χ3v) is 22.3. The number of pyridine rings is 3. The highest BCUT2D eigenvalue weighted by molar-refractivity contribution is 9.10. The standard InChI is InChI=1S/2C32H39N5O3.C24H28BrNO3/c2*1-6-7-22-14-21(4)36-30(39)26(22)8-9-28(38)23-15-24-17-32(5,20(2)3)40-29(24)27(16-23)25-18-34-31(35-19-25)37-12-10-33-11-13-37;1-5-6-17-10-16(4)26-24(28)20(17)7-8-22(27)18-11-19-9-14(2)15(3)13-29-23(19)21(25)12-18/h2*14-16,18-19,33H,2,6-13,17H2,1,3-5H3,(H,36,39);10-12H,5-9,13H2,1-4H3,(H,26,28). The van der Waals surface area contributed by atoms with Gasteiger partial charge >= 0.3 is 0 Å². The zero-order valence-corrected chi connectivity index (χ0v) is 67.2. The number of carbonyl (C=O) groups excluding carboxylic acids is 3. The van der Waals surface area contributed by atoms with Crippen molar-refractivity contribution in [1.29, 1.82) is 0 Å². The molecule has 0 spiro atoms. The molecule has 2 atom stereocenters. The highest BCUT2D eigenvalue weighted by Gasteiger charge is 2.40. The lowest BCUT2D eigenvalue weighted by Gasteiger charge is -2.27. The van der Waals surface area contributed by atoms with Crippen LogP contribution in [0.15, 0.2) is 134 Å². The Labute approximate surface area is 648 Å². The predicted octanol–water partition coefficient (Wildman–Crippen LogP) is 14.7. The largest absolute Gasteiger partial charge is 0.488 e. The molecule has 0 saturated carbocycles. The van der Waals surface area contributed by atoms with Gasteiger partial charge in [-0.3, -0.25) is 28.8 Å². The molecule has 0 aliphatic carbocycles. The van der Waals surface area contributed by atoms with Gasteiger partial charge in [0, 0.05) is 188 Å². The van der Waals surface area contributed by atoms with Gasteiger partial charge in [0.1, 0.15) is 35.1 Å². The highest BCUT2D eigenvalue weighted by atomic mass is 79.9. The Kier molecular flexibility index (Phi) is 26.0. The third-order valence-electron chi connectivity index (χ3n) is 21.7. The number of anilines is 2. The maximum absolute atomic E-state index is 13.6. The van der Waals surface area contributed by atoms with Gasteiger partial charge in [-0.2, -0.15) is 0 Å². The molecular formula is C88H106BrN11O9. The van der Waals surface area contributed by atoms with Crippen molar-refractivity contribution in [1.82, 2.24) is 45.5 Å². The zero-order valence-electron chi connectivity index (χ0n) is 65.6. The lowest BCUT2D eigenvalue weighted by Crippen LogP contribution is -2.44. The number of aromatic nitrogens is 7. The summed E-state index contributed by atoms with van der Waals surface area (Å²) in [6, 6.07) is 17.5. The van der Waals surface area contributed by atoms with E-state index in [1.54, 1.807) is 0 Å². The fourth-order valence-corrected chi connectivity index (χ4v) is 15.6. The van der Waals surface area contributed by atoms with Crippen molar-refractivity contribution in [3.8, 4) is 39.5 Å². The number of ether oxygens (including phenoxy) is 3. The first-order valence-electron chi connectivity index (χ1n) is 38.6. The number of Topliss-reactive ketones (excluding diaryl/α,β-unsaturated/α-hetero) is 3. The lowest BCUT2D eigenvalue weighted by atomic mass is 9.90. The molecule has 0 bridgehead atoms. The van der Waals surface area contributed by atoms with E-state index in [0.717, 1.165) is 208 Å². The summed E-state index contributed by atoms with van der Waals surface area (Å²) in [7, 11) is 0. The van der Waals surface area contributed by atoms with Crippen molar-refractivity contribution < 1.29 is 28.6 Å². The molecule has 0 radical (unpaired) electrons. The normalized spacial score (nSPS) is 17.1. The van der Waals surface area contributed by atoms with Gasteiger partial charge in [-0.15, -0.1) is 0 Å². The van der Waals surface area contributed by atoms with Crippen LogP contribution >= 0.6 is 15.9 Å². The second-order valence-corrected chi connectivity index (χ2v) is 31.3. The van der Waals surface area contributed by atoms with E-state index in [4.69, 9.17) is 14.2 Å². The topological polar surface area (TPSA) is 260 Å². The minimum atomic E-state index is -0.551. The summed E-state index contributed by atoms with van der Waals surface area (Å²) in [4.78, 5) is 110. The van der Waals surface area contributed by atoms with Crippen LogP contribution in [-0.4, -0.2) is 122 Å². The number of ketones is 3. The Morgan fingerprint density at radius 1 is 0.486 bits per heavy atom. The fraction of sp³-hybridized carbons (Fsp3) is 0.432. The maximum atomic E-state index is 13.6. The Balaban J connectivity index is 0.000000165. The molecule has 2 fully saturated rings. The molecule has 21 heteroatoms. The van der Waals surface area contributed by atoms with E-state index in [2.05, 4.69) is 119 Å². The number of halogens is 1. The molecule has 8 aromatic rings. The molecule has 109 heavy (non-hydrogen) atoms. The van der Waals surface area contributed by atoms with Crippen LogP contribution in [0.4, 0.5) is 11.9 Å². The van der Waals surface area contributed by atoms with Crippen LogP contribution in [0.1, 0.15) is 199 Å². The van der Waals surface area contributed by atoms with Gasteiger partial charge in [-0.25, -0.2) is 19.9 Å². The number of piperazine rings is 2. The van der Waals surface area contributed by atoms with Crippen molar-refractivity contribution in [2.75, 3.05) is 68.8 Å². The Morgan fingerprint density at radius 3 is 1.18 bits per heavy atom. The number of benzene rings is 3. The van der Waals surface area contributed by atoms with E-state index in [-0.39, 0.29) is 46.9 Å². The molecule has 13 rings (SSSR count). The summed E-state index contributed by atoms with van der Waals surface area (Å²) in [5.41, 5.74) is 18.8. The van der Waals surface area contributed by atoms with E-state index >= 15 is 0 Å².